The number of nitrogens with one attached hydrogen (secondary N) is 1. The van der Waals surface area contributed by atoms with E-state index in [0.29, 0.717) is 11.5 Å². The Balaban J connectivity index is 1.86. The van der Waals surface area contributed by atoms with Gasteiger partial charge in [0.15, 0.2) is 0 Å². The highest BCUT2D eigenvalue weighted by Crippen LogP contribution is 2.36. The van der Waals surface area contributed by atoms with Crippen LogP contribution >= 0.6 is 38.9 Å². The summed E-state index contributed by atoms with van der Waals surface area (Å²) in [6.07, 6.45) is 5.30. The van der Waals surface area contributed by atoms with Gasteiger partial charge in [-0.05, 0) is 46.7 Å². The molecule has 0 radical (unpaired) electrons. The van der Waals surface area contributed by atoms with E-state index in [4.69, 9.17) is 11.6 Å². The molecular weight excluding hydrogens is 318 g/mol. The molecule has 0 bridgehead atoms. The van der Waals surface area contributed by atoms with E-state index in [9.17, 15) is 0 Å². The Morgan fingerprint density at radius 2 is 2.35 bits per heavy atom. The van der Waals surface area contributed by atoms with Crippen LogP contribution in [0.1, 0.15) is 44.4 Å². The van der Waals surface area contributed by atoms with Gasteiger partial charge in [-0.3, -0.25) is 0 Å². The molecule has 1 aromatic heterocycles. The summed E-state index contributed by atoms with van der Waals surface area (Å²) >= 11 is 11.1. The van der Waals surface area contributed by atoms with Crippen LogP contribution in [0.25, 0.3) is 0 Å². The van der Waals surface area contributed by atoms with E-state index in [1.54, 1.807) is 11.3 Å². The molecule has 1 nitrogen and oxygen atoms in total. The molecule has 0 amide bonds. The Morgan fingerprint density at radius 1 is 1.59 bits per heavy atom. The van der Waals surface area contributed by atoms with E-state index in [2.05, 4.69) is 41.2 Å². The molecule has 4 heteroatoms. The van der Waals surface area contributed by atoms with Crippen LogP contribution < -0.4 is 5.32 Å². The molecule has 0 spiro atoms. The maximum absolute atomic E-state index is 6.04. The van der Waals surface area contributed by atoms with E-state index >= 15 is 0 Å². The summed E-state index contributed by atoms with van der Waals surface area (Å²) in [5.74, 6) is 0. The summed E-state index contributed by atoms with van der Waals surface area (Å²) in [6.45, 7) is 5.69. The molecule has 2 rings (SSSR count). The summed E-state index contributed by atoms with van der Waals surface area (Å²) in [7, 11) is 0. The lowest BCUT2D eigenvalue weighted by atomic mass is 9.75. The molecule has 1 aromatic rings. The lowest BCUT2D eigenvalue weighted by Crippen LogP contribution is -2.36. The Morgan fingerprint density at radius 3 is 2.94 bits per heavy atom. The third-order valence-electron chi connectivity index (χ3n) is 3.47. The monoisotopic (exact) mass is 335 g/mol. The summed E-state index contributed by atoms with van der Waals surface area (Å²) in [5, 5.41) is 3.66. The number of rotatable bonds is 3. The van der Waals surface area contributed by atoms with Crippen molar-refractivity contribution in [2.45, 2.75) is 52.1 Å². The first-order chi connectivity index (χ1) is 7.96. The largest absolute Gasteiger partial charge is 0.309 e. The second kappa shape index (κ2) is 5.60. The molecule has 0 aliphatic heterocycles. The zero-order valence-corrected chi connectivity index (χ0v) is 13.5. The fraction of sp³-hybridized carbons (Fsp3) is 0.692. The van der Waals surface area contributed by atoms with Gasteiger partial charge in [0.05, 0.1) is 0 Å². The summed E-state index contributed by atoms with van der Waals surface area (Å²) < 4.78 is 1.87. The number of hydrogen-bond donors (Lipinski definition) is 1. The molecule has 17 heavy (non-hydrogen) atoms. The molecule has 0 aromatic carbocycles. The predicted octanol–water partition coefficient (Wildman–Crippen LogP) is 5.22. The third kappa shape index (κ3) is 3.95. The van der Waals surface area contributed by atoms with Gasteiger partial charge in [0.2, 0.25) is 0 Å². The summed E-state index contributed by atoms with van der Waals surface area (Å²) in [5.41, 5.74) is 0.504. The Hall–Kier alpha value is 0.430. The van der Waals surface area contributed by atoms with Gasteiger partial charge in [0.1, 0.15) is 4.34 Å². The number of halogens is 2. The normalized spacial score (nSPS) is 23.9. The molecule has 1 unspecified atom stereocenters. The summed E-state index contributed by atoms with van der Waals surface area (Å²) in [6, 6.07) is 2.78. The quantitative estimate of drug-likeness (QED) is 0.797. The first kappa shape index (κ1) is 13.9. The predicted molar refractivity (Wildman–Crippen MR) is 79.9 cm³/mol. The van der Waals surface area contributed by atoms with Crippen LogP contribution in [0.5, 0.6) is 0 Å². The highest BCUT2D eigenvalue weighted by molar-refractivity contribution is 9.10. The molecule has 1 aliphatic rings. The molecular formula is C13H19BrClNS. The SMILES string of the molecule is CC1(C)CCCC(NCc2cc(Br)c(Cl)s2)C1. The fourth-order valence-corrected chi connectivity index (χ4v) is 4.34. The van der Waals surface area contributed by atoms with E-state index in [1.165, 1.54) is 30.6 Å². The minimum absolute atomic E-state index is 0.504. The van der Waals surface area contributed by atoms with Crippen LogP contribution in [0.3, 0.4) is 0 Å². The van der Waals surface area contributed by atoms with Gasteiger partial charge in [0, 0.05) is 21.9 Å². The minimum atomic E-state index is 0.504. The second-order valence-corrected chi connectivity index (χ2v) is 8.27. The van der Waals surface area contributed by atoms with Crippen LogP contribution in [0.2, 0.25) is 4.34 Å². The second-order valence-electron chi connectivity index (χ2n) is 5.67. The van der Waals surface area contributed by atoms with E-state index in [1.807, 2.05) is 0 Å². The Labute approximate surface area is 121 Å². The van der Waals surface area contributed by atoms with Gasteiger partial charge in [-0.25, -0.2) is 0 Å². The molecule has 96 valence electrons. The molecule has 1 fully saturated rings. The van der Waals surface area contributed by atoms with E-state index in [-0.39, 0.29) is 0 Å². The Bertz CT molecular complexity index is 369. The highest BCUT2D eigenvalue weighted by atomic mass is 79.9. The van der Waals surface area contributed by atoms with Crippen molar-refractivity contribution in [3.8, 4) is 0 Å². The zero-order valence-electron chi connectivity index (χ0n) is 10.4. The van der Waals surface area contributed by atoms with Gasteiger partial charge >= 0.3 is 0 Å². The molecule has 1 heterocycles. The topological polar surface area (TPSA) is 12.0 Å². The first-order valence-corrected chi connectivity index (χ1v) is 8.12. The van der Waals surface area contributed by atoms with Crippen molar-refractivity contribution >= 4 is 38.9 Å². The maximum Gasteiger partial charge on any atom is 0.107 e. The van der Waals surface area contributed by atoms with E-state index in [0.717, 1.165) is 15.4 Å². The molecule has 1 N–H and O–H groups in total. The molecule has 1 atom stereocenters. The number of hydrogen-bond acceptors (Lipinski definition) is 2. The lowest BCUT2D eigenvalue weighted by Gasteiger charge is -2.35. The average Bonchev–Trinajstić information content (AvgIpc) is 2.54. The van der Waals surface area contributed by atoms with Crippen molar-refractivity contribution in [1.82, 2.24) is 5.32 Å². The fourth-order valence-electron chi connectivity index (χ4n) is 2.60. The smallest absolute Gasteiger partial charge is 0.107 e. The van der Waals surface area contributed by atoms with Gasteiger partial charge < -0.3 is 5.32 Å². The molecule has 0 saturated heterocycles. The van der Waals surface area contributed by atoms with Gasteiger partial charge in [-0.15, -0.1) is 11.3 Å². The number of thiophene rings is 1. The van der Waals surface area contributed by atoms with Crippen LogP contribution in [0.4, 0.5) is 0 Å². The van der Waals surface area contributed by atoms with Crippen LogP contribution in [0.15, 0.2) is 10.5 Å². The van der Waals surface area contributed by atoms with E-state index < -0.39 is 0 Å². The van der Waals surface area contributed by atoms with Crippen molar-refractivity contribution in [2.75, 3.05) is 0 Å². The third-order valence-corrected chi connectivity index (χ3v) is 5.94. The lowest BCUT2D eigenvalue weighted by molar-refractivity contribution is 0.198. The Kier molecular flexibility index (Phi) is 4.56. The van der Waals surface area contributed by atoms with Gasteiger partial charge in [-0.2, -0.15) is 0 Å². The molecule has 1 aliphatic carbocycles. The van der Waals surface area contributed by atoms with Crippen LogP contribution in [0, 0.1) is 5.41 Å². The van der Waals surface area contributed by atoms with Crippen molar-refractivity contribution in [1.29, 1.82) is 0 Å². The van der Waals surface area contributed by atoms with Crippen LogP contribution in [-0.2, 0) is 6.54 Å². The first-order valence-electron chi connectivity index (χ1n) is 6.13. The van der Waals surface area contributed by atoms with Crippen molar-refractivity contribution in [3.05, 3.63) is 19.8 Å². The van der Waals surface area contributed by atoms with Crippen molar-refractivity contribution in [3.63, 3.8) is 0 Å². The van der Waals surface area contributed by atoms with Gasteiger partial charge in [-0.1, -0.05) is 31.9 Å². The van der Waals surface area contributed by atoms with Gasteiger partial charge in [0.25, 0.3) is 0 Å². The van der Waals surface area contributed by atoms with Crippen molar-refractivity contribution in [2.24, 2.45) is 5.41 Å². The summed E-state index contributed by atoms with van der Waals surface area (Å²) in [4.78, 5) is 1.31. The van der Waals surface area contributed by atoms with Crippen LogP contribution in [-0.4, -0.2) is 6.04 Å². The van der Waals surface area contributed by atoms with Crippen molar-refractivity contribution < 1.29 is 0 Å². The highest BCUT2D eigenvalue weighted by Gasteiger charge is 2.27. The molecule has 1 saturated carbocycles. The average molecular weight is 337 g/mol. The minimum Gasteiger partial charge on any atom is -0.309 e. The zero-order chi connectivity index (χ0) is 12.5. The standard InChI is InChI=1S/C13H19BrClNS/c1-13(2)5-3-4-9(7-13)16-8-10-6-11(14)12(15)17-10/h6,9,16H,3-5,7-8H2,1-2H3. The maximum atomic E-state index is 6.04.